The minimum atomic E-state index is -0.407. The van der Waals surface area contributed by atoms with Gasteiger partial charge in [-0.2, -0.15) is 10.4 Å². The average Bonchev–Trinajstić information content (AvgIpc) is 3.25. The van der Waals surface area contributed by atoms with Gasteiger partial charge >= 0.3 is 0 Å². The number of thiazole rings is 1. The fourth-order valence-electron chi connectivity index (χ4n) is 3.79. The third kappa shape index (κ3) is 4.23. The summed E-state index contributed by atoms with van der Waals surface area (Å²) in [4.78, 5) is 19.6. The zero-order valence-electron chi connectivity index (χ0n) is 17.2. The molecule has 1 aliphatic heterocycles. The lowest BCUT2D eigenvalue weighted by molar-refractivity contribution is 0.102. The van der Waals surface area contributed by atoms with E-state index < -0.39 is 5.91 Å². The molecule has 1 amide bonds. The van der Waals surface area contributed by atoms with Gasteiger partial charge in [0.25, 0.3) is 5.91 Å². The van der Waals surface area contributed by atoms with Crippen molar-refractivity contribution in [1.82, 2.24) is 14.8 Å². The molecule has 31 heavy (non-hydrogen) atoms. The van der Waals surface area contributed by atoms with Crippen molar-refractivity contribution in [2.45, 2.75) is 25.3 Å². The summed E-state index contributed by atoms with van der Waals surface area (Å²) in [6.07, 6.45) is 4.49. The molecule has 9 nitrogen and oxygen atoms in total. The normalized spacial score (nSPS) is 16.5. The van der Waals surface area contributed by atoms with E-state index in [1.165, 1.54) is 11.3 Å². The number of aryl methyl sites for hydroxylation is 1. The highest BCUT2D eigenvalue weighted by Gasteiger charge is 2.24. The van der Waals surface area contributed by atoms with Gasteiger partial charge in [-0.25, -0.2) is 4.98 Å². The van der Waals surface area contributed by atoms with E-state index in [0.29, 0.717) is 26.8 Å². The molecule has 1 saturated heterocycles. The number of nitrogens with two attached hydrogens (primary N) is 2. The molecule has 0 radical (unpaired) electrons. The molecule has 4 rings (SSSR count). The van der Waals surface area contributed by atoms with Crippen LogP contribution in [-0.4, -0.2) is 39.8 Å². The van der Waals surface area contributed by atoms with Gasteiger partial charge in [0, 0.05) is 31.7 Å². The Balaban J connectivity index is 1.59. The fourth-order valence-corrected chi connectivity index (χ4v) is 4.65. The van der Waals surface area contributed by atoms with Crippen molar-refractivity contribution in [2.24, 2.45) is 12.8 Å². The molecule has 0 saturated carbocycles. The highest BCUT2D eigenvalue weighted by atomic mass is 32.1. The largest absolute Gasteiger partial charge is 0.389 e. The first-order chi connectivity index (χ1) is 15.0. The Bertz CT molecular complexity index is 1140. The Labute approximate surface area is 184 Å². The zero-order valence-corrected chi connectivity index (χ0v) is 18.0. The third-order valence-corrected chi connectivity index (χ3v) is 6.29. The maximum Gasteiger partial charge on any atom is 0.277 e. The van der Waals surface area contributed by atoms with Gasteiger partial charge < -0.3 is 21.7 Å². The number of nitrogens with one attached hydrogen (secondary N) is 1. The predicted molar refractivity (Wildman–Crippen MR) is 122 cm³/mol. The molecule has 1 fully saturated rings. The molecule has 1 aromatic carbocycles. The summed E-state index contributed by atoms with van der Waals surface area (Å²) in [6, 6.07) is 9.45. The van der Waals surface area contributed by atoms with Crippen LogP contribution in [0.3, 0.4) is 0 Å². The molecule has 2 aromatic heterocycles. The molecule has 0 aliphatic carbocycles. The van der Waals surface area contributed by atoms with E-state index >= 15 is 0 Å². The monoisotopic (exact) mass is 436 g/mol. The number of carbonyl (C=O) groups excluding carboxylic acids is 1. The summed E-state index contributed by atoms with van der Waals surface area (Å²) in [5.74, 6) is 0.432. The Kier molecular flexibility index (Phi) is 5.88. The van der Waals surface area contributed by atoms with E-state index in [4.69, 9.17) is 11.5 Å². The molecule has 3 heterocycles. The molecule has 1 aliphatic rings. The van der Waals surface area contributed by atoms with Crippen LogP contribution in [0, 0.1) is 11.3 Å². The van der Waals surface area contributed by atoms with Crippen LogP contribution in [0.5, 0.6) is 0 Å². The van der Waals surface area contributed by atoms with Gasteiger partial charge in [-0.3, -0.25) is 9.48 Å². The number of rotatable bonds is 4. The summed E-state index contributed by atoms with van der Waals surface area (Å²) in [6.45, 7) is 1.65. The topological polar surface area (TPSA) is 139 Å². The van der Waals surface area contributed by atoms with Crippen LogP contribution in [0.4, 0.5) is 16.5 Å². The van der Waals surface area contributed by atoms with E-state index in [2.05, 4.69) is 26.4 Å². The summed E-state index contributed by atoms with van der Waals surface area (Å²) >= 11 is 1.19. The number of amides is 1. The Morgan fingerprint density at radius 3 is 2.94 bits per heavy atom. The van der Waals surface area contributed by atoms with Crippen molar-refractivity contribution in [3.05, 3.63) is 41.7 Å². The Morgan fingerprint density at radius 1 is 1.32 bits per heavy atom. The first kappa shape index (κ1) is 20.8. The minimum Gasteiger partial charge on any atom is -0.389 e. The maximum absolute atomic E-state index is 13.0. The van der Waals surface area contributed by atoms with Gasteiger partial charge in [-0.15, -0.1) is 0 Å². The lowest BCUT2D eigenvalue weighted by Gasteiger charge is -2.24. The Morgan fingerprint density at radius 2 is 2.13 bits per heavy atom. The molecular weight excluding hydrogens is 412 g/mol. The van der Waals surface area contributed by atoms with Gasteiger partial charge in [0.2, 0.25) is 0 Å². The smallest absolute Gasteiger partial charge is 0.277 e. The number of nitrogen functional groups attached to an aromatic ring is 1. The summed E-state index contributed by atoms with van der Waals surface area (Å²) < 4.78 is 1.76. The molecule has 0 bridgehead atoms. The highest BCUT2D eigenvalue weighted by Crippen LogP contribution is 2.33. The van der Waals surface area contributed by atoms with Gasteiger partial charge in [0.05, 0.1) is 17.8 Å². The van der Waals surface area contributed by atoms with Crippen molar-refractivity contribution >= 4 is 33.8 Å². The average molecular weight is 437 g/mol. The number of hydrogen-bond donors (Lipinski definition) is 3. The van der Waals surface area contributed by atoms with Crippen LogP contribution >= 0.6 is 11.3 Å². The van der Waals surface area contributed by atoms with Crippen molar-refractivity contribution in [2.75, 3.05) is 29.0 Å². The minimum absolute atomic E-state index is 0.139. The molecule has 0 spiro atoms. The number of nitriles is 1. The fraction of sp³-hybridized carbons (Fsp3) is 0.333. The van der Waals surface area contributed by atoms with E-state index in [-0.39, 0.29) is 11.7 Å². The summed E-state index contributed by atoms with van der Waals surface area (Å²) in [5, 5.41) is 17.4. The maximum atomic E-state index is 13.0. The third-order valence-electron chi connectivity index (χ3n) is 5.37. The van der Waals surface area contributed by atoms with Crippen molar-refractivity contribution in [1.29, 1.82) is 5.26 Å². The second-order valence-corrected chi connectivity index (χ2v) is 8.56. The van der Waals surface area contributed by atoms with E-state index in [9.17, 15) is 10.1 Å². The van der Waals surface area contributed by atoms with Gasteiger partial charge in [0.15, 0.2) is 11.5 Å². The Hall–Kier alpha value is -3.42. The number of anilines is 3. The van der Waals surface area contributed by atoms with Crippen molar-refractivity contribution in [3.8, 4) is 16.6 Å². The molecular formula is C21H24N8OS. The van der Waals surface area contributed by atoms with Crippen LogP contribution in [0.25, 0.3) is 10.6 Å². The first-order valence-corrected chi connectivity index (χ1v) is 10.9. The molecule has 160 valence electrons. The van der Waals surface area contributed by atoms with Crippen molar-refractivity contribution in [3.63, 3.8) is 0 Å². The summed E-state index contributed by atoms with van der Waals surface area (Å²) in [7, 11) is 1.85. The molecule has 10 heteroatoms. The van der Waals surface area contributed by atoms with Crippen LogP contribution in [0.1, 0.15) is 35.3 Å². The van der Waals surface area contributed by atoms with E-state index in [1.54, 1.807) is 29.1 Å². The number of benzene rings is 1. The molecule has 5 N–H and O–H groups in total. The lowest BCUT2D eigenvalue weighted by Crippen LogP contribution is -2.29. The van der Waals surface area contributed by atoms with E-state index in [1.807, 2.05) is 13.1 Å². The van der Waals surface area contributed by atoms with Gasteiger partial charge in [-0.05, 0) is 25.3 Å². The van der Waals surface area contributed by atoms with Crippen LogP contribution in [0.2, 0.25) is 0 Å². The first-order valence-electron chi connectivity index (χ1n) is 10.1. The highest BCUT2D eigenvalue weighted by molar-refractivity contribution is 7.19. The SMILES string of the molecule is Cn1ncc(NC(=O)c2nc(-c3ccccc3C#N)sc2N)c1N1CCC[C@@H](N)CC1. The van der Waals surface area contributed by atoms with Crippen LogP contribution < -0.4 is 21.7 Å². The quantitative estimate of drug-likeness (QED) is 0.571. The molecule has 3 aromatic rings. The predicted octanol–water partition coefficient (Wildman–Crippen LogP) is 2.57. The number of hydrogen-bond acceptors (Lipinski definition) is 8. The van der Waals surface area contributed by atoms with Gasteiger partial charge in [0.1, 0.15) is 15.7 Å². The second kappa shape index (κ2) is 8.75. The number of aromatic nitrogens is 3. The van der Waals surface area contributed by atoms with Gasteiger partial charge in [-0.1, -0.05) is 29.5 Å². The standard InChI is InChI=1S/C21H24N8OS/c1-28-21(29-9-4-6-14(23)8-10-29)16(12-25-28)26-19(30)17-18(24)31-20(27-17)15-7-3-2-5-13(15)11-22/h2-3,5,7,12,14H,4,6,8-10,23-24H2,1H3,(H,26,30)/t14-/m1/s1. The zero-order chi connectivity index (χ0) is 22.0. The number of nitrogens with zero attached hydrogens (tertiary/aromatic N) is 5. The summed E-state index contributed by atoms with van der Waals surface area (Å²) in [5.41, 5.74) is 14.1. The molecule has 0 unspecified atom stereocenters. The van der Waals surface area contributed by atoms with Crippen LogP contribution in [0.15, 0.2) is 30.5 Å². The van der Waals surface area contributed by atoms with Crippen molar-refractivity contribution < 1.29 is 4.79 Å². The number of carbonyl (C=O) groups is 1. The van der Waals surface area contributed by atoms with E-state index in [0.717, 1.165) is 38.2 Å². The molecule has 1 atom stereocenters. The second-order valence-electron chi connectivity index (χ2n) is 7.53. The van der Waals surface area contributed by atoms with Crippen LogP contribution in [-0.2, 0) is 7.05 Å². The lowest BCUT2D eigenvalue weighted by atomic mass is 10.1.